The molecule has 4 heteroatoms. The lowest BCUT2D eigenvalue weighted by molar-refractivity contribution is -0.0464. The van der Waals surface area contributed by atoms with Gasteiger partial charge in [0.15, 0.2) is 0 Å². The van der Waals surface area contributed by atoms with E-state index in [1.165, 1.54) is 5.56 Å². The van der Waals surface area contributed by atoms with Gasteiger partial charge in [0.1, 0.15) is 0 Å². The molecule has 0 saturated carbocycles. The van der Waals surface area contributed by atoms with E-state index in [4.69, 9.17) is 9.47 Å². The van der Waals surface area contributed by atoms with Crippen molar-refractivity contribution in [1.29, 1.82) is 0 Å². The van der Waals surface area contributed by atoms with Crippen molar-refractivity contribution in [3.63, 3.8) is 0 Å². The molecule has 2 saturated heterocycles. The Kier molecular flexibility index (Phi) is 4.22. The van der Waals surface area contributed by atoms with Gasteiger partial charge in [0.25, 0.3) is 0 Å². The van der Waals surface area contributed by atoms with Crippen LogP contribution < -0.4 is 0 Å². The molecule has 19 heavy (non-hydrogen) atoms. The summed E-state index contributed by atoms with van der Waals surface area (Å²) < 4.78 is 11.8. The van der Waals surface area contributed by atoms with E-state index in [0.29, 0.717) is 6.10 Å². The van der Waals surface area contributed by atoms with Crippen LogP contribution in [0.2, 0.25) is 0 Å². The molecule has 3 heterocycles. The summed E-state index contributed by atoms with van der Waals surface area (Å²) in [5, 5.41) is 4.41. The molecule has 3 rings (SSSR count). The minimum Gasteiger partial charge on any atom is -0.376 e. The molecule has 3 nitrogen and oxygen atoms in total. The van der Waals surface area contributed by atoms with Crippen molar-refractivity contribution in [2.24, 2.45) is 0 Å². The Balaban J connectivity index is 1.49. The van der Waals surface area contributed by atoms with Gasteiger partial charge in [-0.3, -0.25) is 4.90 Å². The largest absolute Gasteiger partial charge is 0.376 e. The first-order valence-electron chi connectivity index (χ1n) is 7.29. The summed E-state index contributed by atoms with van der Waals surface area (Å²) in [4.78, 5) is 2.55. The van der Waals surface area contributed by atoms with Crippen LogP contribution in [0.5, 0.6) is 0 Å². The summed E-state index contributed by atoms with van der Waals surface area (Å²) in [6.45, 7) is 7.04. The van der Waals surface area contributed by atoms with Gasteiger partial charge in [-0.15, -0.1) is 0 Å². The fraction of sp³-hybridized carbons (Fsp3) is 0.733. The van der Waals surface area contributed by atoms with E-state index in [1.54, 1.807) is 11.3 Å². The number of thiophene rings is 1. The fourth-order valence-corrected chi connectivity index (χ4v) is 3.91. The van der Waals surface area contributed by atoms with Gasteiger partial charge in [-0.1, -0.05) is 0 Å². The fourth-order valence-electron chi connectivity index (χ4n) is 3.25. The number of piperidine rings is 1. The third-order valence-corrected chi connectivity index (χ3v) is 5.06. The molecule has 1 atom stereocenters. The quantitative estimate of drug-likeness (QED) is 0.847. The van der Waals surface area contributed by atoms with Crippen LogP contribution in [0.4, 0.5) is 0 Å². The molecule has 2 aliphatic heterocycles. The highest BCUT2D eigenvalue weighted by molar-refractivity contribution is 7.07. The average molecular weight is 281 g/mol. The van der Waals surface area contributed by atoms with Gasteiger partial charge in [0.05, 0.1) is 18.3 Å². The topological polar surface area (TPSA) is 21.7 Å². The SMILES string of the molecule is CCO[C@@H]1COC2(CCN(Cc3ccsc3)CC2)C1. The average Bonchev–Trinajstić information content (AvgIpc) is 3.04. The predicted molar refractivity (Wildman–Crippen MR) is 77.5 cm³/mol. The Bertz CT molecular complexity index is 385. The van der Waals surface area contributed by atoms with Crippen LogP contribution in [0, 0.1) is 0 Å². The number of nitrogens with zero attached hydrogens (tertiary/aromatic N) is 1. The first kappa shape index (κ1) is 13.6. The molecule has 0 radical (unpaired) electrons. The number of ether oxygens (including phenoxy) is 2. The lowest BCUT2D eigenvalue weighted by atomic mass is 9.88. The molecular formula is C15H23NO2S. The summed E-state index contributed by atoms with van der Waals surface area (Å²) >= 11 is 1.78. The van der Waals surface area contributed by atoms with Crippen molar-refractivity contribution in [3.8, 4) is 0 Å². The van der Waals surface area contributed by atoms with Crippen molar-refractivity contribution in [2.45, 2.75) is 44.4 Å². The lowest BCUT2D eigenvalue weighted by Gasteiger charge is -2.38. The maximum absolute atomic E-state index is 6.08. The summed E-state index contributed by atoms with van der Waals surface area (Å²) in [6.07, 6.45) is 3.72. The summed E-state index contributed by atoms with van der Waals surface area (Å²) in [7, 11) is 0. The van der Waals surface area contributed by atoms with E-state index in [2.05, 4.69) is 28.7 Å². The van der Waals surface area contributed by atoms with Crippen molar-refractivity contribution < 1.29 is 9.47 Å². The molecular weight excluding hydrogens is 258 g/mol. The zero-order valence-electron chi connectivity index (χ0n) is 11.6. The number of likely N-dealkylation sites (tertiary alicyclic amines) is 1. The monoisotopic (exact) mass is 281 g/mol. The van der Waals surface area contributed by atoms with Crippen LogP contribution >= 0.6 is 11.3 Å². The van der Waals surface area contributed by atoms with E-state index in [-0.39, 0.29) is 5.60 Å². The summed E-state index contributed by atoms with van der Waals surface area (Å²) in [5.74, 6) is 0. The maximum atomic E-state index is 6.08. The number of hydrogen-bond acceptors (Lipinski definition) is 4. The molecule has 2 fully saturated rings. The van der Waals surface area contributed by atoms with Gasteiger partial charge >= 0.3 is 0 Å². The van der Waals surface area contributed by atoms with Crippen LogP contribution in [-0.2, 0) is 16.0 Å². The minimum absolute atomic E-state index is 0.116. The van der Waals surface area contributed by atoms with Gasteiger partial charge in [0.2, 0.25) is 0 Å². The van der Waals surface area contributed by atoms with Crippen LogP contribution in [-0.4, -0.2) is 42.9 Å². The summed E-state index contributed by atoms with van der Waals surface area (Å²) in [5.41, 5.74) is 1.56. The van der Waals surface area contributed by atoms with E-state index < -0.39 is 0 Å². The predicted octanol–water partition coefficient (Wildman–Crippen LogP) is 2.91. The first-order valence-corrected chi connectivity index (χ1v) is 8.23. The van der Waals surface area contributed by atoms with Gasteiger partial charge < -0.3 is 9.47 Å². The molecule has 0 bridgehead atoms. The van der Waals surface area contributed by atoms with Crippen LogP contribution in [0.15, 0.2) is 16.8 Å². The molecule has 2 aliphatic rings. The van der Waals surface area contributed by atoms with Crippen LogP contribution in [0.3, 0.4) is 0 Å². The second-order valence-electron chi connectivity index (χ2n) is 5.68. The number of hydrogen-bond donors (Lipinski definition) is 0. The Labute approximate surface area is 119 Å². The molecule has 0 N–H and O–H groups in total. The van der Waals surface area contributed by atoms with Gasteiger partial charge in [0, 0.05) is 32.7 Å². The van der Waals surface area contributed by atoms with E-state index in [1.807, 2.05) is 0 Å². The first-order chi connectivity index (χ1) is 9.30. The molecule has 0 aromatic carbocycles. The molecule has 0 aliphatic carbocycles. The van der Waals surface area contributed by atoms with Gasteiger partial charge in [-0.05, 0) is 42.2 Å². The highest BCUT2D eigenvalue weighted by Gasteiger charge is 2.42. The second kappa shape index (κ2) is 5.92. The summed E-state index contributed by atoms with van der Waals surface area (Å²) in [6, 6.07) is 2.23. The molecule has 1 aromatic rings. The highest BCUT2D eigenvalue weighted by atomic mass is 32.1. The third kappa shape index (κ3) is 3.19. The van der Waals surface area contributed by atoms with Crippen LogP contribution in [0.25, 0.3) is 0 Å². The van der Waals surface area contributed by atoms with Crippen molar-refractivity contribution in [2.75, 3.05) is 26.3 Å². The standard InChI is InChI=1S/C15H23NO2S/c1-2-17-14-9-15(18-11-14)4-6-16(7-5-15)10-13-3-8-19-12-13/h3,8,12,14H,2,4-7,9-11H2,1H3/t14-/m0/s1. The van der Waals surface area contributed by atoms with Gasteiger partial charge in [-0.25, -0.2) is 0 Å². The zero-order valence-corrected chi connectivity index (χ0v) is 12.5. The van der Waals surface area contributed by atoms with Crippen LogP contribution in [0.1, 0.15) is 31.7 Å². The Hall–Kier alpha value is -0.420. The smallest absolute Gasteiger partial charge is 0.0836 e. The van der Waals surface area contributed by atoms with E-state index in [0.717, 1.165) is 52.1 Å². The highest BCUT2D eigenvalue weighted by Crippen LogP contribution is 2.37. The molecule has 1 spiro atoms. The molecule has 0 amide bonds. The molecule has 0 unspecified atom stereocenters. The third-order valence-electron chi connectivity index (χ3n) is 4.33. The van der Waals surface area contributed by atoms with E-state index in [9.17, 15) is 0 Å². The van der Waals surface area contributed by atoms with Crippen molar-refractivity contribution in [3.05, 3.63) is 22.4 Å². The second-order valence-corrected chi connectivity index (χ2v) is 6.46. The maximum Gasteiger partial charge on any atom is 0.0836 e. The van der Waals surface area contributed by atoms with Gasteiger partial charge in [-0.2, -0.15) is 11.3 Å². The zero-order chi connectivity index (χ0) is 13.1. The normalized spacial score (nSPS) is 27.1. The minimum atomic E-state index is 0.116. The van der Waals surface area contributed by atoms with E-state index >= 15 is 0 Å². The van der Waals surface area contributed by atoms with Crippen molar-refractivity contribution >= 4 is 11.3 Å². The molecule has 106 valence electrons. The molecule has 1 aromatic heterocycles. The Morgan fingerprint density at radius 2 is 2.32 bits per heavy atom. The van der Waals surface area contributed by atoms with Crippen molar-refractivity contribution in [1.82, 2.24) is 4.90 Å². The Morgan fingerprint density at radius 3 is 3.00 bits per heavy atom. The number of rotatable bonds is 4. The lowest BCUT2D eigenvalue weighted by Crippen LogP contribution is -2.43. The Morgan fingerprint density at radius 1 is 1.47 bits per heavy atom.